The van der Waals surface area contributed by atoms with Gasteiger partial charge in [0.1, 0.15) is 17.3 Å². The predicted octanol–water partition coefficient (Wildman–Crippen LogP) is 3.08. The number of hydrogen-bond donors (Lipinski definition) is 1. The van der Waals surface area contributed by atoms with Crippen LogP contribution >= 0.6 is 12.4 Å². The van der Waals surface area contributed by atoms with Crippen LogP contribution in [0.1, 0.15) is 15.9 Å². The van der Waals surface area contributed by atoms with E-state index < -0.39 is 0 Å². The number of ether oxygens (including phenoxy) is 2. The molecule has 0 unspecified atom stereocenters. The number of aromatic nitrogens is 1. The van der Waals surface area contributed by atoms with E-state index in [9.17, 15) is 4.79 Å². The van der Waals surface area contributed by atoms with Crippen molar-refractivity contribution in [2.24, 2.45) is 0 Å². The van der Waals surface area contributed by atoms with Gasteiger partial charge < -0.3 is 14.8 Å². The van der Waals surface area contributed by atoms with E-state index in [0.29, 0.717) is 22.9 Å². The average Bonchev–Trinajstić information content (AvgIpc) is 2.48. The minimum absolute atomic E-state index is 0. The summed E-state index contributed by atoms with van der Waals surface area (Å²) in [4.78, 5) is 16.3. The van der Waals surface area contributed by atoms with Gasteiger partial charge in [-0.05, 0) is 30.7 Å². The first-order valence-corrected chi connectivity index (χ1v) is 6.10. The molecule has 0 radical (unpaired) electrons. The molecule has 1 heterocycles. The summed E-state index contributed by atoms with van der Waals surface area (Å²) in [6.45, 7) is 1.94. The molecule has 1 N–H and O–H groups in total. The van der Waals surface area contributed by atoms with Crippen LogP contribution in [0, 0.1) is 6.92 Å². The molecule has 0 saturated heterocycles. The molecule has 21 heavy (non-hydrogen) atoms. The first-order chi connectivity index (χ1) is 9.63. The lowest BCUT2D eigenvalue weighted by Gasteiger charge is -2.10. The van der Waals surface area contributed by atoms with Gasteiger partial charge in [-0.25, -0.2) is 4.98 Å². The van der Waals surface area contributed by atoms with Gasteiger partial charge in [-0.1, -0.05) is 6.07 Å². The zero-order valence-corrected chi connectivity index (χ0v) is 12.9. The average molecular weight is 309 g/mol. The van der Waals surface area contributed by atoms with E-state index in [0.717, 1.165) is 5.56 Å². The van der Waals surface area contributed by atoms with Crippen molar-refractivity contribution in [2.45, 2.75) is 6.92 Å². The number of amides is 1. The van der Waals surface area contributed by atoms with E-state index in [1.54, 1.807) is 37.6 Å². The largest absolute Gasteiger partial charge is 0.497 e. The summed E-state index contributed by atoms with van der Waals surface area (Å²) < 4.78 is 10.3. The first kappa shape index (κ1) is 16.8. The third-order valence-electron chi connectivity index (χ3n) is 2.81. The molecule has 0 saturated carbocycles. The molecule has 0 aliphatic heterocycles. The smallest absolute Gasteiger partial charge is 0.260 e. The van der Waals surface area contributed by atoms with Gasteiger partial charge in [0.15, 0.2) is 0 Å². The molecular formula is C15H17ClN2O3. The van der Waals surface area contributed by atoms with Crippen molar-refractivity contribution in [3.63, 3.8) is 0 Å². The maximum Gasteiger partial charge on any atom is 0.260 e. The Kier molecular flexibility index (Phi) is 5.99. The lowest BCUT2D eigenvalue weighted by atomic mass is 10.1. The van der Waals surface area contributed by atoms with Gasteiger partial charge >= 0.3 is 0 Å². The van der Waals surface area contributed by atoms with Gasteiger partial charge in [0, 0.05) is 12.3 Å². The van der Waals surface area contributed by atoms with Crippen LogP contribution in [-0.2, 0) is 0 Å². The molecule has 1 aromatic heterocycles. The Morgan fingerprint density at radius 2 is 1.90 bits per heavy atom. The Bertz CT molecular complexity index is 615. The van der Waals surface area contributed by atoms with Crippen molar-refractivity contribution in [1.29, 1.82) is 0 Å². The van der Waals surface area contributed by atoms with Gasteiger partial charge in [-0.2, -0.15) is 0 Å². The maximum absolute atomic E-state index is 12.2. The monoisotopic (exact) mass is 308 g/mol. The number of aryl methyl sites for hydroxylation is 1. The van der Waals surface area contributed by atoms with E-state index in [-0.39, 0.29) is 18.3 Å². The van der Waals surface area contributed by atoms with Gasteiger partial charge in [0.25, 0.3) is 5.91 Å². The van der Waals surface area contributed by atoms with Crippen LogP contribution in [0.4, 0.5) is 5.82 Å². The summed E-state index contributed by atoms with van der Waals surface area (Å²) in [5.41, 5.74) is 1.46. The zero-order chi connectivity index (χ0) is 14.5. The quantitative estimate of drug-likeness (QED) is 0.943. The van der Waals surface area contributed by atoms with Gasteiger partial charge in [0.05, 0.1) is 19.8 Å². The summed E-state index contributed by atoms with van der Waals surface area (Å²) in [6, 6.07) is 8.66. The summed E-state index contributed by atoms with van der Waals surface area (Å²) >= 11 is 0. The van der Waals surface area contributed by atoms with Crippen LogP contribution in [0.25, 0.3) is 0 Å². The van der Waals surface area contributed by atoms with Crippen LogP contribution in [-0.4, -0.2) is 25.1 Å². The molecule has 1 aromatic carbocycles. The second kappa shape index (κ2) is 7.50. The van der Waals surface area contributed by atoms with E-state index in [1.807, 2.05) is 13.0 Å². The lowest BCUT2D eigenvalue weighted by molar-refractivity contribution is 0.102. The molecule has 0 atom stereocenters. The van der Waals surface area contributed by atoms with Crippen molar-refractivity contribution in [3.8, 4) is 11.5 Å². The van der Waals surface area contributed by atoms with Gasteiger partial charge in [0.2, 0.25) is 0 Å². The number of nitrogens with zero attached hydrogens (tertiary/aromatic N) is 1. The molecule has 1 amide bonds. The summed E-state index contributed by atoms with van der Waals surface area (Å²) in [5.74, 6) is 1.31. The van der Waals surface area contributed by atoms with Crippen LogP contribution in [0.15, 0.2) is 36.5 Å². The number of benzene rings is 1. The number of carbonyl (C=O) groups excluding carboxylic acids is 1. The van der Waals surface area contributed by atoms with Gasteiger partial charge in [-0.15, -0.1) is 12.4 Å². The number of pyridine rings is 1. The van der Waals surface area contributed by atoms with E-state index in [2.05, 4.69) is 10.3 Å². The Labute approximate surface area is 129 Å². The highest BCUT2D eigenvalue weighted by molar-refractivity contribution is 6.05. The second-order valence-electron chi connectivity index (χ2n) is 4.24. The molecule has 0 aliphatic rings. The lowest BCUT2D eigenvalue weighted by Crippen LogP contribution is -2.14. The normalized spacial score (nSPS) is 9.48. The maximum atomic E-state index is 12.2. The fourth-order valence-corrected chi connectivity index (χ4v) is 1.71. The van der Waals surface area contributed by atoms with Crippen LogP contribution in [0.2, 0.25) is 0 Å². The minimum Gasteiger partial charge on any atom is -0.497 e. The van der Waals surface area contributed by atoms with Crippen molar-refractivity contribution in [3.05, 3.63) is 47.7 Å². The summed E-state index contributed by atoms with van der Waals surface area (Å²) in [6.07, 6.45) is 1.70. The Morgan fingerprint density at radius 1 is 1.14 bits per heavy atom. The molecule has 2 rings (SSSR count). The van der Waals surface area contributed by atoms with Gasteiger partial charge in [-0.3, -0.25) is 4.79 Å². The number of nitrogens with one attached hydrogen (secondary N) is 1. The van der Waals surface area contributed by atoms with Crippen molar-refractivity contribution < 1.29 is 14.3 Å². The number of anilines is 1. The molecule has 5 nitrogen and oxygen atoms in total. The number of rotatable bonds is 4. The number of hydrogen-bond acceptors (Lipinski definition) is 4. The Balaban J connectivity index is 0.00000220. The molecule has 0 bridgehead atoms. The third-order valence-corrected chi connectivity index (χ3v) is 2.81. The molecule has 112 valence electrons. The first-order valence-electron chi connectivity index (χ1n) is 6.10. The molecule has 2 aromatic rings. The van der Waals surface area contributed by atoms with Crippen LogP contribution in [0.3, 0.4) is 0 Å². The summed E-state index contributed by atoms with van der Waals surface area (Å²) in [7, 11) is 3.07. The van der Waals surface area contributed by atoms with E-state index in [4.69, 9.17) is 9.47 Å². The number of halogens is 1. The van der Waals surface area contributed by atoms with Crippen LogP contribution < -0.4 is 14.8 Å². The molecule has 6 heteroatoms. The van der Waals surface area contributed by atoms with Crippen molar-refractivity contribution >= 4 is 24.1 Å². The Hall–Kier alpha value is -2.27. The van der Waals surface area contributed by atoms with Crippen molar-refractivity contribution in [1.82, 2.24) is 4.98 Å². The number of methoxy groups -OCH3 is 2. The fourth-order valence-electron chi connectivity index (χ4n) is 1.71. The fraction of sp³-hybridized carbons (Fsp3) is 0.200. The standard InChI is InChI=1S/C15H16N2O3.ClH/c1-10-4-7-14(16-9-10)17-15(18)12-6-5-11(19-2)8-13(12)20-3;/h4-9H,1-3H3,(H,16,17,18);1H. The molecule has 0 aliphatic carbocycles. The predicted molar refractivity (Wildman–Crippen MR) is 83.7 cm³/mol. The Morgan fingerprint density at radius 3 is 2.48 bits per heavy atom. The molecule has 0 fully saturated rings. The minimum atomic E-state index is -0.277. The third kappa shape index (κ3) is 4.10. The second-order valence-corrected chi connectivity index (χ2v) is 4.24. The van der Waals surface area contributed by atoms with E-state index >= 15 is 0 Å². The van der Waals surface area contributed by atoms with Crippen molar-refractivity contribution in [2.75, 3.05) is 19.5 Å². The van der Waals surface area contributed by atoms with Crippen LogP contribution in [0.5, 0.6) is 11.5 Å². The topological polar surface area (TPSA) is 60.5 Å². The van der Waals surface area contributed by atoms with E-state index in [1.165, 1.54) is 7.11 Å². The molecule has 0 spiro atoms. The molecular weight excluding hydrogens is 292 g/mol. The summed E-state index contributed by atoms with van der Waals surface area (Å²) in [5, 5.41) is 2.73. The highest BCUT2D eigenvalue weighted by atomic mass is 35.5. The SMILES string of the molecule is COc1ccc(C(=O)Nc2ccc(C)cn2)c(OC)c1.Cl. The zero-order valence-electron chi connectivity index (χ0n) is 12.0. The highest BCUT2D eigenvalue weighted by Gasteiger charge is 2.13. The number of carbonyl (C=O) groups is 1. The highest BCUT2D eigenvalue weighted by Crippen LogP contribution is 2.25.